The zero-order chi connectivity index (χ0) is 7.61. The lowest BCUT2D eigenvalue weighted by atomic mass is 9.99. The molecule has 1 fully saturated rings. The highest BCUT2D eigenvalue weighted by Gasteiger charge is 2.45. The highest BCUT2D eigenvalue weighted by atomic mass is 16.1. The first-order valence-electron chi connectivity index (χ1n) is 3.79. The van der Waals surface area contributed by atoms with Crippen molar-refractivity contribution in [3.05, 3.63) is 0 Å². The van der Waals surface area contributed by atoms with Gasteiger partial charge < -0.3 is 10.2 Å². The summed E-state index contributed by atoms with van der Waals surface area (Å²) in [5.74, 6) is 0. The summed E-state index contributed by atoms with van der Waals surface area (Å²) in [6, 6.07) is 0. The van der Waals surface area contributed by atoms with E-state index in [-0.39, 0.29) is 5.41 Å². The first-order valence-corrected chi connectivity index (χ1v) is 3.79. The van der Waals surface area contributed by atoms with E-state index in [1.165, 1.54) is 0 Å². The zero-order valence-electron chi connectivity index (χ0n) is 6.31. The largest absolute Gasteiger partial charge is 0.309 e. The number of hydrogen-bond acceptors (Lipinski definition) is 2. The highest BCUT2D eigenvalue weighted by Crippen LogP contribution is 2.45. The van der Waals surface area contributed by atoms with Crippen molar-refractivity contribution in [1.29, 1.82) is 5.41 Å². The summed E-state index contributed by atoms with van der Waals surface area (Å²) in [6.45, 7) is 2.04. The maximum atomic E-state index is 10.5. The van der Waals surface area contributed by atoms with Gasteiger partial charge in [0.05, 0.1) is 5.41 Å². The number of nitrogens with one attached hydrogen (secondary N) is 1. The van der Waals surface area contributed by atoms with Crippen molar-refractivity contribution in [3.63, 3.8) is 0 Å². The van der Waals surface area contributed by atoms with E-state index in [1.807, 2.05) is 6.92 Å². The lowest BCUT2D eigenvalue weighted by Crippen LogP contribution is -2.15. The van der Waals surface area contributed by atoms with Crippen molar-refractivity contribution < 1.29 is 4.79 Å². The average molecular weight is 139 g/mol. The van der Waals surface area contributed by atoms with Crippen LogP contribution < -0.4 is 0 Å². The van der Waals surface area contributed by atoms with Gasteiger partial charge >= 0.3 is 0 Å². The Hall–Kier alpha value is -0.660. The fourth-order valence-corrected chi connectivity index (χ4v) is 1.12. The first-order chi connectivity index (χ1) is 4.75. The van der Waals surface area contributed by atoms with Crippen LogP contribution >= 0.6 is 0 Å². The molecular formula is C8H13NO. The van der Waals surface area contributed by atoms with Crippen molar-refractivity contribution in [2.45, 2.75) is 32.6 Å². The Bertz CT molecular complexity index is 159. The van der Waals surface area contributed by atoms with E-state index < -0.39 is 0 Å². The van der Waals surface area contributed by atoms with Crippen LogP contribution in [-0.4, -0.2) is 12.0 Å². The van der Waals surface area contributed by atoms with Crippen LogP contribution in [0.15, 0.2) is 0 Å². The molecule has 0 radical (unpaired) electrons. The van der Waals surface area contributed by atoms with Crippen molar-refractivity contribution in [2.75, 3.05) is 0 Å². The van der Waals surface area contributed by atoms with Crippen molar-refractivity contribution in [1.82, 2.24) is 0 Å². The lowest BCUT2D eigenvalue weighted by molar-refractivity contribution is -0.110. The molecule has 0 aromatic carbocycles. The van der Waals surface area contributed by atoms with E-state index in [9.17, 15) is 4.79 Å². The first kappa shape index (κ1) is 7.45. The van der Waals surface area contributed by atoms with Gasteiger partial charge in [-0.2, -0.15) is 0 Å². The van der Waals surface area contributed by atoms with Crippen LogP contribution in [0.3, 0.4) is 0 Å². The van der Waals surface area contributed by atoms with E-state index in [2.05, 4.69) is 0 Å². The Balaban J connectivity index is 2.47. The normalized spacial score (nSPS) is 20.1. The molecule has 10 heavy (non-hydrogen) atoms. The third-order valence-electron chi connectivity index (χ3n) is 2.12. The Morgan fingerprint density at radius 2 is 2.30 bits per heavy atom. The minimum atomic E-state index is -0.296. The molecule has 0 aromatic rings. The predicted octanol–water partition coefficient (Wildman–Crippen LogP) is 1.79. The minimum absolute atomic E-state index is 0.296. The van der Waals surface area contributed by atoms with Gasteiger partial charge in [-0.15, -0.1) is 0 Å². The second-order valence-electron chi connectivity index (χ2n) is 3.00. The molecule has 1 aliphatic rings. The van der Waals surface area contributed by atoms with Gasteiger partial charge in [-0.3, -0.25) is 0 Å². The monoisotopic (exact) mass is 139 g/mol. The van der Waals surface area contributed by atoms with E-state index in [4.69, 9.17) is 5.41 Å². The predicted molar refractivity (Wildman–Crippen MR) is 40.4 cm³/mol. The van der Waals surface area contributed by atoms with Gasteiger partial charge in [0, 0.05) is 5.71 Å². The smallest absolute Gasteiger partial charge is 0.131 e. The molecule has 0 unspecified atom stereocenters. The van der Waals surface area contributed by atoms with Gasteiger partial charge in [0.25, 0.3) is 0 Å². The maximum absolute atomic E-state index is 10.5. The Morgan fingerprint density at radius 3 is 2.60 bits per heavy atom. The van der Waals surface area contributed by atoms with Gasteiger partial charge in [0.1, 0.15) is 6.29 Å². The number of hydrogen-bond donors (Lipinski definition) is 1. The summed E-state index contributed by atoms with van der Waals surface area (Å²) < 4.78 is 0. The highest BCUT2D eigenvalue weighted by molar-refractivity contribution is 6.02. The van der Waals surface area contributed by atoms with Crippen LogP contribution in [-0.2, 0) is 4.79 Å². The molecule has 0 aliphatic heterocycles. The van der Waals surface area contributed by atoms with Gasteiger partial charge in [-0.25, -0.2) is 0 Å². The van der Waals surface area contributed by atoms with Crippen molar-refractivity contribution >= 4 is 12.0 Å². The summed E-state index contributed by atoms with van der Waals surface area (Å²) in [6.07, 6.45) is 4.54. The Kier molecular flexibility index (Phi) is 1.88. The Labute approximate surface area is 61.1 Å². The van der Waals surface area contributed by atoms with Gasteiger partial charge in [0.15, 0.2) is 0 Å². The molecule has 0 spiro atoms. The average Bonchev–Trinajstić information content (AvgIpc) is 2.68. The SMILES string of the molecule is CCCC(=N)C1(C=O)CC1. The molecule has 0 aromatic heterocycles. The molecule has 1 N–H and O–H groups in total. The molecule has 0 heterocycles. The van der Waals surface area contributed by atoms with E-state index in [0.717, 1.165) is 32.0 Å². The summed E-state index contributed by atoms with van der Waals surface area (Å²) in [5.41, 5.74) is 0.348. The van der Waals surface area contributed by atoms with Crippen molar-refractivity contribution in [2.24, 2.45) is 5.41 Å². The van der Waals surface area contributed by atoms with Gasteiger partial charge in [0.2, 0.25) is 0 Å². The molecular weight excluding hydrogens is 126 g/mol. The van der Waals surface area contributed by atoms with Crippen LogP contribution in [0.25, 0.3) is 0 Å². The summed E-state index contributed by atoms with van der Waals surface area (Å²) >= 11 is 0. The topological polar surface area (TPSA) is 40.9 Å². The molecule has 2 heteroatoms. The molecule has 1 aliphatic carbocycles. The lowest BCUT2D eigenvalue weighted by Gasteiger charge is -2.06. The fourth-order valence-electron chi connectivity index (χ4n) is 1.12. The molecule has 0 amide bonds. The molecule has 2 nitrogen and oxygen atoms in total. The molecule has 1 rings (SSSR count). The molecule has 0 saturated heterocycles. The second-order valence-corrected chi connectivity index (χ2v) is 3.00. The fraction of sp³-hybridized carbons (Fsp3) is 0.750. The maximum Gasteiger partial charge on any atom is 0.131 e. The quantitative estimate of drug-likeness (QED) is 0.468. The number of rotatable bonds is 4. The standard InChI is InChI=1S/C8H13NO/c1-2-3-7(9)8(6-10)4-5-8/h6,9H,2-5H2,1H3. The molecule has 0 atom stereocenters. The molecule has 0 bridgehead atoms. The van der Waals surface area contributed by atoms with Gasteiger partial charge in [-0.05, 0) is 19.3 Å². The van der Waals surface area contributed by atoms with E-state index >= 15 is 0 Å². The second kappa shape index (κ2) is 2.52. The number of aldehydes is 1. The van der Waals surface area contributed by atoms with E-state index in [0.29, 0.717) is 5.71 Å². The number of carbonyl (C=O) groups excluding carboxylic acids is 1. The zero-order valence-corrected chi connectivity index (χ0v) is 6.31. The minimum Gasteiger partial charge on any atom is -0.309 e. The van der Waals surface area contributed by atoms with Crippen LogP contribution in [0, 0.1) is 10.8 Å². The van der Waals surface area contributed by atoms with Crippen LogP contribution in [0.5, 0.6) is 0 Å². The molecule has 56 valence electrons. The Morgan fingerprint density at radius 1 is 1.70 bits per heavy atom. The van der Waals surface area contributed by atoms with Gasteiger partial charge in [-0.1, -0.05) is 13.3 Å². The third-order valence-corrected chi connectivity index (χ3v) is 2.12. The van der Waals surface area contributed by atoms with Crippen LogP contribution in [0.4, 0.5) is 0 Å². The van der Waals surface area contributed by atoms with Crippen molar-refractivity contribution in [3.8, 4) is 0 Å². The van der Waals surface area contributed by atoms with Crippen LogP contribution in [0.2, 0.25) is 0 Å². The molecule has 1 saturated carbocycles. The summed E-state index contributed by atoms with van der Waals surface area (Å²) in [5, 5.41) is 7.52. The van der Waals surface area contributed by atoms with Crippen LogP contribution in [0.1, 0.15) is 32.6 Å². The van der Waals surface area contributed by atoms with E-state index in [1.54, 1.807) is 0 Å². The number of carbonyl (C=O) groups is 1. The summed E-state index contributed by atoms with van der Waals surface area (Å²) in [7, 11) is 0. The summed E-state index contributed by atoms with van der Waals surface area (Å²) in [4.78, 5) is 10.5. The third kappa shape index (κ3) is 1.11.